The van der Waals surface area contributed by atoms with Gasteiger partial charge in [-0.2, -0.15) is 4.31 Å². The highest BCUT2D eigenvalue weighted by molar-refractivity contribution is 7.89. The van der Waals surface area contributed by atoms with Crippen LogP contribution < -0.4 is 4.74 Å². The molecule has 6 nitrogen and oxygen atoms in total. The molecule has 0 fully saturated rings. The van der Waals surface area contributed by atoms with Gasteiger partial charge in [-0.15, -0.1) is 6.58 Å². The minimum Gasteiger partial charge on any atom is -0.478 e. The molecule has 3 aromatic rings. The maximum atomic E-state index is 14.6. The normalized spacial score (nSPS) is 12.4. The maximum Gasteiger partial charge on any atom is 0.347 e. The van der Waals surface area contributed by atoms with Gasteiger partial charge in [0.1, 0.15) is 11.6 Å². The van der Waals surface area contributed by atoms with Crippen molar-refractivity contribution >= 4 is 16.0 Å². The van der Waals surface area contributed by atoms with Crippen molar-refractivity contribution in [2.45, 2.75) is 43.2 Å². The molecule has 3 aromatic carbocycles. The van der Waals surface area contributed by atoms with Gasteiger partial charge in [0, 0.05) is 31.1 Å². The van der Waals surface area contributed by atoms with E-state index in [9.17, 15) is 31.5 Å². The molecule has 38 heavy (non-hydrogen) atoms. The Labute approximate surface area is 220 Å². The zero-order valence-corrected chi connectivity index (χ0v) is 21.9. The van der Waals surface area contributed by atoms with E-state index in [1.807, 2.05) is 0 Å². The van der Waals surface area contributed by atoms with Gasteiger partial charge in [-0.3, -0.25) is 0 Å². The summed E-state index contributed by atoms with van der Waals surface area (Å²) in [5.74, 6) is -4.87. The van der Waals surface area contributed by atoms with Gasteiger partial charge in [0.2, 0.25) is 10.0 Å². The summed E-state index contributed by atoms with van der Waals surface area (Å²) in [4.78, 5) is 11.6. The molecule has 0 saturated carbocycles. The first-order valence-corrected chi connectivity index (χ1v) is 13.0. The molecule has 0 unspecified atom stereocenters. The number of ether oxygens (including phenoxy) is 1. The summed E-state index contributed by atoms with van der Waals surface area (Å²) < 4.78 is 75.3. The van der Waals surface area contributed by atoms with Crippen LogP contribution in [0.15, 0.2) is 84.3 Å². The van der Waals surface area contributed by atoms with E-state index in [4.69, 9.17) is 4.74 Å². The van der Waals surface area contributed by atoms with Gasteiger partial charge >= 0.3 is 5.97 Å². The lowest BCUT2D eigenvalue weighted by Gasteiger charge is -2.25. The van der Waals surface area contributed by atoms with Crippen molar-refractivity contribution in [2.75, 3.05) is 7.05 Å². The van der Waals surface area contributed by atoms with Gasteiger partial charge in [-0.25, -0.2) is 26.4 Å². The van der Waals surface area contributed by atoms with E-state index in [0.717, 1.165) is 34.6 Å². The second kappa shape index (κ2) is 11.0. The van der Waals surface area contributed by atoms with Crippen molar-refractivity contribution in [3.8, 4) is 16.9 Å². The highest BCUT2D eigenvalue weighted by Crippen LogP contribution is 2.38. The lowest BCUT2D eigenvalue weighted by molar-refractivity contribution is -0.152. The number of allylic oxidation sites excluding steroid dienone is 1. The van der Waals surface area contributed by atoms with E-state index >= 15 is 0 Å². The van der Waals surface area contributed by atoms with Gasteiger partial charge in [-0.1, -0.05) is 30.3 Å². The molecule has 0 aliphatic heterocycles. The lowest BCUT2D eigenvalue weighted by Crippen LogP contribution is -2.38. The van der Waals surface area contributed by atoms with E-state index in [2.05, 4.69) is 6.58 Å². The highest BCUT2D eigenvalue weighted by atomic mass is 32.2. The maximum absolute atomic E-state index is 14.6. The minimum atomic E-state index is -3.96. The van der Waals surface area contributed by atoms with Crippen LogP contribution in [0.2, 0.25) is 0 Å². The monoisotopic (exact) mass is 547 g/mol. The summed E-state index contributed by atoms with van der Waals surface area (Å²) in [6, 6.07) is 14.6. The molecular formula is C28H28F3NO5S. The Balaban J connectivity index is 2.06. The number of nitrogens with zero attached hydrogens (tertiary/aromatic N) is 1. The molecule has 0 bridgehead atoms. The Morgan fingerprint density at radius 3 is 2.34 bits per heavy atom. The summed E-state index contributed by atoms with van der Waals surface area (Å²) in [5.41, 5.74) is -0.783. The number of sulfonamides is 1. The summed E-state index contributed by atoms with van der Waals surface area (Å²) in [5, 5.41) is 9.53. The molecule has 0 aliphatic rings. The van der Waals surface area contributed by atoms with Gasteiger partial charge in [-0.05, 0) is 67.4 Å². The van der Waals surface area contributed by atoms with Crippen molar-refractivity contribution in [1.29, 1.82) is 0 Å². The zero-order valence-electron chi connectivity index (χ0n) is 21.1. The van der Waals surface area contributed by atoms with Crippen molar-refractivity contribution in [2.24, 2.45) is 0 Å². The van der Waals surface area contributed by atoms with Crippen LogP contribution in [-0.2, 0) is 27.3 Å². The number of carboxylic acids is 1. The SMILES string of the molecule is C=CCC(F)(F)c1cccc(-c2cc(CN(C)S(=O)(=O)c3ccc(F)cc3)ccc2OC(C)(C)C(=O)O)c1. The fourth-order valence-electron chi connectivity index (χ4n) is 3.65. The van der Waals surface area contributed by atoms with Crippen LogP contribution >= 0.6 is 0 Å². The van der Waals surface area contributed by atoms with Crippen LogP contribution in [0.3, 0.4) is 0 Å². The predicted molar refractivity (Wildman–Crippen MR) is 138 cm³/mol. The Morgan fingerprint density at radius 1 is 1.08 bits per heavy atom. The van der Waals surface area contributed by atoms with Crippen LogP contribution in [0.1, 0.15) is 31.4 Å². The molecule has 0 spiro atoms. The number of carbonyl (C=O) groups is 1. The number of rotatable bonds is 11. The third-order valence-electron chi connectivity index (χ3n) is 5.85. The fourth-order valence-corrected chi connectivity index (χ4v) is 4.81. The van der Waals surface area contributed by atoms with Crippen LogP contribution in [-0.4, -0.2) is 36.4 Å². The van der Waals surface area contributed by atoms with Crippen molar-refractivity contribution < 1.29 is 36.2 Å². The molecule has 0 amide bonds. The number of halogens is 3. The quantitative estimate of drug-likeness (QED) is 0.288. The topological polar surface area (TPSA) is 83.9 Å². The van der Waals surface area contributed by atoms with E-state index in [0.29, 0.717) is 16.7 Å². The molecule has 0 atom stereocenters. The molecule has 10 heteroatoms. The van der Waals surface area contributed by atoms with E-state index in [1.165, 1.54) is 45.2 Å². The summed E-state index contributed by atoms with van der Waals surface area (Å²) in [6.45, 7) is 5.97. The average molecular weight is 548 g/mol. The summed E-state index contributed by atoms with van der Waals surface area (Å²) in [6.07, 6.45) is 0.548. The number of benzene rings is 3. The van der Waals surface area contributed by atoms with Gasteiger partial charge in [0.05, 0.1) is 4.90 Å². The molecule has 0 aliphatic carbocycles. The Kier molecular flexibility index (Phi) is 8.38. The number of alkyl halides is 2. The van der Waals surface area contributed by atoms with E-state index < -0.39 is 39.8 Å². The smallest absolute Gasteiger partial charge is 0.347 e. The Hall–Kier alpha value is -3.63. The number of hydrogen-bond acceptors (Lipinski definition) is 4. The van der Waals surface area contributed by atoms with Gasteiger partial charge in [0.15, 0.2) is 5.60 Å². The Morgan fingerprint density at radius 2 is 1.74 bits per heavy atom. The highest BCUT2D eigenvalue weighted by Gasteiger charge is 2.32. The van der Waals surface area contributed by atoms with Crippen molar-refractivity contribution in [3.63, 3.8) is 0 Å². The lowest BCUT2D eigenvalue weighted by atomic mass is 9.96. The van der Waals surface area contributed by atoms with Crippen LogP contribution in [0.25, 0.3) is 11.1 Å². The molecule has 0 radical (unpaired) electrons. The average Bonchev–Trinajstić information content (AvgIpc) is 2.85. The second-order valence-electron chi connectivity index (χ2n) is 9.24. The number of aliphatic carboxylic acids is 1. The van der Waals surface area contributed by atoms with Crippen molar-refractivity contribution in [3.05, 3.63) is 96.3 Å². The third kappa shape index (κ3) is 6.43. The minimum absolute atomic E-state index is 0.0954. The molecule has 3 rings (SSSR count). The summed E-state index contributed by atoms with van der Waals surface area (Å²) in [7, 11) is -2.61. The standard InChI is InChI=1S/C28H28F3NO5S/c1-5-15-28(30,31)21-8-6-7-20(17-21)24-16-19(9-14-25(24)37-27(2,3)26(33)34)18-32(4)38(35,36)23-12-10-22(29)11-13-23/h5-14,16-17H,1,15,18H2,2-4H3,(H,33,34). The molecular weight excluding hydrogens is 519 g/mol. The van der Waals surface area contributed by atoms with Crippen LogP contribution in [0, 0.1) is 5.82 Å². The number of hydrogen-bond donors (Lipinski definition) is 1. The molecule has 0 saturated heterocycles. The second-order valence-corrected chi connectivity index (χ2v) is 11.3. The van der Waals surface area contributed by atoms with Crippen LogP contribution in [0.5, 0.6) is 5.75 Å². The van der Waals surface area contributed by atoms with E-state index in [1.54, 1.807) is 18.2 Å². The first-order valence-electron chi connectivity index (χ1n) is 11.5. The van der Waals surface area contributed by atoms with Gasteiger partial charge < -0.3 is 9.84 Å². The predicted octanol–water partition coefficient (Wildman–Crippen LogP) is 6.22. The molecule has 0 aromatic heterocycles. The largest absolute Gasteiger partial charge is 0.478 e. The van der Waals surface area contributed by atoms with E-state index in [-0.39, 0.29) is 22.8 Å². The van der Waals surface area contributed by atoms with Crippen molar-refractivity contribution in [1.82, 2.24) is 4.31 Å². The fraction of sp³-hybridized carbons (Fsp3) is 0.250. The molecule has 202 valence electrons. The Bertz CT molecular complexity index is 1440. The number of carboxylic acid groups (broad SMARTS) is 1. The zero-order chi connectivity index (χ0) is 28.3. The summed E-state index contributed by atoms with van der Waals surface area (Å²) >= 11 is 0. The molecule has 0 heterocycles. The third-order valence-corrected chi connectivity index (χ3v) is 7.67. The van der Waals surface area contributed by atoms with Crippen LogP contribution in [0.4, 0.5) is 13.2 Å². The molecule has 1 N–H and O–H groups in total. The first-order chi connectivity index (χ1) is 17.7. The first kappa shape index (κ1) is 28.9. The van der Waals surface area contributed by atoms with Gasteiger partial charge in [0.25, 0.3) is 5.92 Å².